The van der Waals surface area contributed by atoms with Gasteiger partial charge in [-0.1, -0.05) is 13.8 Å². The molecule has 17 heavy (non-hydrogen) atoms. The molecule has 1 aliphatic heterocycles. The van der Waals surface area contributed by atoms with Crippen LogP contribution in [0.1, 0.15) is 24.2 Å². The van der Waals surface area contributed by atoms with Crippen LogP contribution in [0, 0.1) is 5.92 Å². The monoisotopic (exact) mass is 233 g/mol. The number of rotatable bonds is 2. The Labute approximate surface area is 102 Å². The van der Waals surface area contributed by atoms with Crippen LogP contribution in [0.5, 0.6) is 0 Å². The summed E-state index contributed by atoms with van der Waals surface area (Å²) in [7, 11) is 0. The molecule has 92 valence electrons. The fourth-order valence-electron chi connectivity index (χ4n) is 2.08. The Morgan fingerprint density at radius 3 is 3.06 bits per heavy atom. The Kier molecular flexibility index (Phi) is 3.74. The van der Waals surface area contributed by atoms with Crippen molar-refractivity contribution in [2.75, 3.05) is 19.6 Å². The summed E-state index contributed by atoms with van der Waals surface area (Å²) in [5.74, 6) is 0.629. The summed E-state index contributed by atoms with van der Waals surface area (Å²) in [5.41, 5.74) is 0.678. The van der Waals surface area contributed by atoms with E-state index in [9.17, 15) is 4.79 Å². The van der Waals surface area contributed by atoms with Crippen LogP contribution < -0.4 is 5.32 Å². The van der Waals surface area contributed by atoms with Crippen molar-refractivity contribution in [2.45, 2.75) is 19.9 Å². The molecule has 1 unspecified atom stereocenters. The molecule has 1 N–H and O–H groups in total. The quantitative estimate of drug-likeness (QED) is 0.833. The van der Waals surface area contributed by atoms with Gasteiger partial charge >= 0.3 is 0 Å². The maximum atomic E-state index is 12.2. The Morgan fingerprint density at radius 1 is 1.59 bits per heavy atom. The lowest BCUT2D eigenvalue weighted by Crippen LogP contribution is -2.54. The molecule has 0 aromatic carbocycles. The van der Waals surface area contributed by atoms with E-state index in [0.717, 1.165) is 19.6 Å². The minimum atomic E-state index is 0.0882. The number of nitrogens with zero attached hydrogens (tertiary/aromatic N) is 2. The highest BCUT2D eigenvalue weighted by Gasteiger charge is 2.25. The van der Waals surface area contributed by atoms with E-state index in [0.29, 0.717) is 17.5 Å². The van der Waals surface area contributed by atoms with Gasteiger partial charge in [-0.15, -0.1) is 0 Å². The van der Waals surface area contributed by atoms with Gasteiger partial charge in [-0.3, -0.25) is 9.78 Å². The number of piperazine rings is 1. The fourth-order valence-corrected chi connectivity index (χ4v) is 2.08. The first-order valence-electron chi connectivity index (χ1n) is 6.11. The molecule has 2 heterocycles. The number of pyridine rings is 1. The van der Waals surface area contributed by atoms with Crippen LogP contribution in [0.15, 0.2) is 24.5 Å². The van der Waals surface area contributed by atoms with Crippen LogP contribution in [-0.4, -0.2) is 41.5 Å². The number of hydrogen-bond donors (Lipinski definition) is 1. The fraction of sp³-hybridized carbons (Fsp3) is 0.538. The highest BCUT2D eigenvalue weighted by molar-refractivity contribution is 5.93. The highest BCUT2D eigenvalue weighted by atomic mass is 16.2. The molecule has 0 aliphatic carbocycles. The Balaban J connectivity index is 2.05. The highest BCUT2D eigenvalue weighted by Crippen LogP contribution is 2.11. The molecular weight excluding hydrogens is 214 g/mol. The van der Waals surface area contributed by atoms with Crippen LogP contribution in [0.3, 0.4) is 0 Å². The van der Waals surface area contributed by atoms with Crippen molar-refractivity contribution in [2.24, 2.45) is 5.92 Å². The lowest BCUT2D eigenvalue weighted by molar-refractivity contribution is 0.0683. The Hall–Kier alpha value is -1.42. The van der Waals surface area contributed by atoms with Crippen LogP contribution in [0.4, 0.5) is 0 Å². The zero-order valence-corrected chi connectivity index (χ0v) is 10.4. The number of amides is 1. The van der Waals surface area contributed by atoms with E-state index in [1.807, 2.05) is 11.0 Å². The summed E-state index contributed by atoms with van der Waals surface area (Å²) in [5, 5.41) is 3.45. The summed E-state index contributed by atoms with van der Waals surface area (Å²) in [6.07, 6.45) is 3.32. The van der Waals surface area contributed by atoms with Crippen LogP contribution in [0.2, 0.25) is 0 Å². The molecule has 0 bridgehead atoms. The molecule has 1 fully saturated rings. The summed E-state index contributed by atoms with van der Waals surface area (Å²) < 4.78 is 0. The van der Waals surface area contributed by atoms with Gasteiger partial charge in [0.2, 0.25) is 0 Å². The van der Waals surface area contributed by atoms with E-state index in [4.69, 9.17) is 0 Å². The van der Waals surface area contributed by atoms with Crippen molar-refractivity contribution < 1.29 is 4.79 Å². The van der Waals surface area contributed by atoms with Gasteiger partial charge in [-0.25, -0.2) is 0 Å². The van der Waals surface area contributed by atoms with Gasteiger partial charge in [0.05, 0.1) is 5.56 Å². The molecule has 0 spiro atoms. The average Bonchev–Trinajstić information content (AvgIpc) is 2.39. The minimum absolute atomic E-state index is 0.0882. The third-order valence-corrected chi connectivity index (χ3v) is 3.21. The van der Waals surface area contributed by atoms with Crippen molar-refractivity contribution in [3.8, 4) is 0 Å². The number of nitrogens with one attached hydrogen (secondary N) is 1. The molecular formula is C13H19N3O. The standard InChI is InChI=1S/C13H19N3O/c1-10(2)12-9-16(7-6-15-12)13(17)11-4-3-5-14-8-11/h3-5,8,10,12,15H,6-7,9H2,1-2H3. The van der Waals surface area contributed by atoms with Gasteiger partial charge in [0.1, 0.15) is 0 Å². The SMILES string of the molecule is CC(C)C1CN(C(=O)c2cccnc2)CCN1. The van der Waals surface area contributed by atoms with E-state index in [1.54, 1.807) is 18.5 Å². The van der Waals surface area contributed by atoms with Crippen molar-refractivity contribution in [3.05, 3.63) is 30.1 Å². The molecule has 0 radical (unpaired) electrons. The summed E-state index contributed by atoms with van der Waals surface area (Å²) in [4.78, 5) is 18.1. The number of aromatic nitrogens is 1. The molecule has 0 saturated carbocycles. The second kappa shape index (κ2) is 5.27. The van der Waals surface area contributed by atoms with Gasteiger partial charge in [-0.2, -0.15) is 0 Å². The smallest absolute Gasteiger partial charge is 0.255 e. The minimum Gasteiger partial charge on any atom is -0.336 e. The van der Waals surface area contributed by atoms with Crippen LogP contribution in [-0.2, 0) is 0 Å². The first kappa shape index (κ1) is 12.0. The molecule has 1 amide bonds. The number of carbonyl (C=O) groups excluding carboxylic acids is 1. The zero-order valence-electron chi connectivity index (χ0n) is 10.4. The molecule has 1 aliphatic rings. The van der Waals surface area contributed by atoms with Crippen molar-refractivity contribution in [3.63, 3.8) is 0 Å². The average molecular weight is 233 g/mol. The van der Waals surface area contributed by atoms with Crippen molar-refractivity contribution in [1.82, 2.24) is 15.2 Å². The summed E-state index contributed by atoms with van der Waals surface area (Å²) in [6.45, 7) is 6.78. The molecule has 1 aromatic heterocycles. The maximum Gasteiger partial charge on any atom is 0.255 e. The van der Waals surface area contributed by atoms with Crippen LogP contribution >= 0.6 is 0 Å². The summed E-state index contributed by atoms with van der Waals surface area (Å²) in [6, 6.07) is 4.02. The summed E-state index contributed by atoms with van der Waals surface area (Å²) >= 11 is 0. The lowest BCUT2D eigenvalue weighted by Gasteiger charge is -2.35. The van der Waals surface area contributed by atoms with Gasteiger partial charge in [0.25, 0.3) is 5.91 Å². The van der Waals surface area contributed by atoms with Gasteiger partial charge in [0.15, 0.2) is 0 Å². The molecule has 2 rings (SSSR count). The number of carbonyl (C=O) groups is 1. The second-order valence-corrected chi connectivity index (χ2v) is 4.80. The third kappa shape index (κ3) is 2.82. The molecule has 1 saturated heterocycles. The predicted molar refractivity (Wildman–Crippen MR) is 66.8 cm³/mol. The maximum absolute atomic E-state index is 12.2. The van der Waals surface area contributed by atoms with Gasteiger partial charge in [0, 0.05) is 38.1 Å². The largest absolute Gasteiger partial charge is 0.336 e. The molecule has 1 aromatic rings. The lowest BCUT2D eigenvalue weighted by atomic mass is 10.0. The Bertz CT molecular complexity index is 378. The second-order valence-electron chi connectivity index (χ2n) is 4.80. The topological polar surface area (TPSA) is 45.2 Å². The van der Waals surface area contributed by atoms with E-state index in [2.05, 4.69) is 24.1 Å². The Morgan fingerprint density at radius 2 is 2.41 bits per heavy atom. The van der Waals surface area contributed by atoms with E-state index < -0.39 is 0 Å². The molecule has 4 heteroatoms. The van der Waals surface area contributed by atoms with Gasteiger partial charge in [-0.05, 0) is 18.1 Å². The van der Waals surface area contributed by atoms with Crippen LogP contribution in [0.25, 0.3) is 0 Å². The van der Waals surface area contributed by atoms with E-state index in [1.165, 1.54) is 0 Å². The van der Waals surface area contributed by atoms with Gasteiger partial charge < -0.3 is 10.2 Å². The van der Waals surface area contributed by atoms with E-state index >= 15 is 0 Å². The number of hydrogen-bond acceptors (Lipinski definition) is 3. The predicted octanol–water partition coefficient (Wildman–Crippen LogP) is 1.15. The zero-order chi connectivity index (χ0) is 12.3. The van der Waals surface area contributed by atoms with Crippen molar-refractivity contribution >= 4 is 5.91 Å². The normalized spacial score (nSPS) is 20.6. The first-order valence-corrected chi connectivity index (χ1v) is 6.11. The third-order valence-electron chi connectivity index (χ3n) is 3.21. The van der Waals surface area contributed by atoms with E-state index in [-0.39, 0.29) is 5.91 Å². The molecule has 1 atom stereocenters. The molecule has 4 nitrogen and oxygen atoms in total. The first-order chi connectivity index (χ1) is 8.18. The van der Waals surface area contributed by atoms with Crippen molar-refractivity contribution in [1.29, 1.82) is 0 Å².